The molecule has 1 aliphatic rings. The number of amides is 2. The molecule has 2 amide bonds. The SMILES string of the molecule is O=C(COC(=O)[C@H]1COc2ccccc2O1)NNC(=O)c1ccco1. The molecule has 0 aliphatic carbocycles. The highest BCUT2D eigenvalue weighted by Crippen LogP contribution is 2.31. The summed E-state index contributed by atoms with van der Waals surface area (Å²) in [5.41, 5.74) is 4.22. The normalized spacial score (nSPS) is 15.1. The molecule has 25 heavy (non-hydrogen) atoms. The van der Waals surface area contributed by atoms with Crippen molar-refractivity contribution in [3.8, 4) is 11.5 Å². The van der Waals surface area contributed by atoms with Gasteiger partial charge in [0.25, 0.3) is 5.91 Å². The van der Waals surface area contributed by atoms with Crippen molar-refractivity contribution in [2.24, 2.45) is 0 Å². The smallest absolute Gasteiger partial charge is 0.351 e. The zero-order valence-electron chi connectivity index (χ0n) is 12.9. The molecule has 0 fully saturated rings. The fraction of sp³-hybridized carbons (Fsp3) is 0.188. The number of fused-ring (bicyclic) bond motifs is 1. The Morgan fingerprint density at radius 1 is 1.08 bits per heavy atom. The van der Waals surface area contributed by atoms with Gasteiger partial charge in [0.15, 0.2) is 23.9 Å². The molecule has 9 heteroatoms. The minimum absolute atomic E-state index is 0.0211. The minimum atomic E-state index is -0.972. The molecule has 3 rings (SSSR count). The summed E-state index contributed by atoms with van der Waals surface area (Å²) in [5, 5.41) is 0. The first-order valence-electron chi connectivity index (χ1n) is 7.31. The first-order valence-corrected chi connectivity index (χ1v) is 7.31. The fourth-order valence-corrected chi connectivity index (χ4v) is 2.00. The van der Waals surface area contributed by atoms with Crippen molar-refractivity contribution in [1.82, 2.24) is 10.9 Å². The van der Waals surface area contributed by atoms with E-state index in [1.165, 1.54) is 18.4 Å². The molecule has 2 N–H and O–H groups in total. The third kappa shape index (κ3) is 4.08. The Hall–Kier alpha value is -3.49. The number of para-hydroxylation sites is 2. The first kappa shape index (κ1) is 16.4. The maximum absolute atomic E-state index is 11.9. The van der Waals surface area contributed by atoms with Crippen molar-refractivity contribution in [3.05, 3.63) is 48.4 Å². The quantitative estimate of drug-likeness (QED) is 0.609. The highest BCUT2D eigenvalue weighted by Gasteiger charge is 2.29. The molecule has 2 heterocycles. The lowest BCUT2D eigenvalue weighted by Crippen LogP contribution is -2.45. The van der Waals surface area contributed by atoms with Crippen LogP contribution in [0.1, 0.15) is 10.6 Å². The molecule has 0 bridgehead atoms. The molecule has 0 unspecified atom stereocenters. The van der Waals surface area contributed by atoms with E-state index in [1.807, 2.05) is 0 Å². The summed E-state index contributed by atoms with van der Waals surface area (Å²) < 4.78 is 20.6. The zero-order valence-corrected chi connectivity index (χ0v) is 12.9. The molecule has 0 saturated heterocycles. The first-order chi connectivity index (χ1) is 12.1. The second kappa shape index (κ2) is 7.39. The number of carbonyl (C=O) groups is 3. The van der Waals surface area contributed by atoms with Crippen LogP contribution in [0, 0.1) is 0 Å². The number of rotatable bonds is 4. The molecular formula is C16H14N2O7. The van der Waals surface area contributed by atoms with E-state index >= 15 is 0 Å². The van der Waals surface area contributed by atoms with E-state index in [1.54, 1.807) is 24.3 Å². The van der Waals surface area contributed by atoms with Crippen molar-refractivity contribution in [2.75, 3.05) is 13.2 Å². The molecule has 2 aromatic rings. The van der Waals surface area contributed by atoms with E-state index in [2.05, 4.69) is 10.9 Å². The van der Waals surface area contributed by atoms with Gasteiger partial charge in [-0.05, 0) is 24.3 Å². The Balaban J connectivity index is 1.42. The number of ether oxygens (including phenoxy) is 3. The van der Waals surface area contributed by atoms with Crippen LogP contribution >= 0.6 is 0 Å². The second-order valence-corrected chi connectivity index (χ2v) is 4.95. The Labute approximate surface area is 141 Å². The van der Waals surface area contributed by atoms with E-state index in [4.69, 9.17) is 18.6 Å². The van der Waals surface area contributed by atoms with Crippen LogP contribution in [0.2, 0.25) is 0 Å². The third-order valence-electron chi connectivity index (χ3n) is 3.18. The van der Waals surface area contributed by atoms with E-state index in [9.17, 15) is 14.4 Å². The summed E-state index contributed by atoms with van der Waals surface area (Å²) in [7, 11) is 0. The third-order valence-corrected chi connectivity index (χ3v) is 3.18. The van der Waals surface area contributed by atoms with E-state index in [0.717, 1.165) is 0 Å². The monoisotopic (exact) mass is 346 g/mol. The predicted octanol–water partition coefficient (Wildman–Crippen LogP) is 0.424. The van der Waals surface area contributed by atoms with Crippen LogP contribution in [0.5, 0.6) is 11.5 Å². The summed E-state index contributed by atoms with van der Waals surface area (Å²) in [6.45, 7) is -0.606. The Bertz CT molecular complexity index is 773. The van der Waals surface area contributed by atoms with E-state index in [-0.39, 0.29) is 12.4 Å². The van der Waals surface area contributed by atoms with Gasteiger partial charge < -0.3 is 18.6 Å². The van der Waals surface area contributed by atoms with Gasteiger partial charge in [0.05, 0.1) is 6.26 Å². The molecule has 130 valence electrons. The maximum atomic E-state index is 11.9. The van der Waals surface area contributed by atoms with Gasteiger partial charge >= 0.3 is 11.9 Å². The molecule has 0 spiro atoms. The number of hydrogen-bond acceptors (Lipinski definition) is 7. The van der Waals surface area contributed by atoms with Crippen LogP contribution in [0.4, 0.5) is 0 Å². The van der Waals surface area contributed by atoms with Crippen molar-refractivity contribution >= 4 is 17.8 Å². The van der Waals surface area contributed by atoms with E-state index in [0.29, 0.717) is 11.5 Å². The van der Waals surface area contributed by atoms with Gasteiger partial charge in [-0.15, -0.1) is 0 Å². The number of nitrogens with one attached hydrogen (secondary N) is 2. The van der Waals surface area contributed by atoms with Crippen molar-refractivity contribution < 1.29 is 33.0 Å². The topological polar surface area (TPSA) is 116 Å². The van der Waals surface area contributed by atoms with Crippen LogP contribution in [-0.4, -0.2) is 37.1 Å². The van der Waals surface area contributed by atoms with Crippen LogP contribution < -0.4 is 20.3 Å². The summed E-state index contributed by atoms with van der Waals surface area (Å²) in [6.07, 6.45) is 0.350. The van der Waals surface area contributed by atoms with Gasteiger partial charge in [-0.3, -0.25) is 20.4 Å². The largest absolute Gasteiger partial charge is 0.485 e. The molecule has 1 atom stereocenters. The van der Waals surface area contributed by atoms with Gasteiger partial charge in [0, 0.05) is 0 Å². The number of esters is 1. The number of carbonyl (C=O) groups excluding carboxylic acids is 3. The maximum Gasteiger partial charge on any atom is 0.351 e. The molecule has 1 aromatic carbocycles. The number of hydrogen-bond donors (Lipinski definition) is 2. The number of hydrazine groups is 1. The van der Waals surface area contributed by atoms with Gasteiger partial charge in [0.2, 0.25) is 6.10 Å². The Kier molecular flexibility index (Phi) is 4.84. The van der Waals surface area contributed by atoms with Crippen LogP contribution in [0.25, 0.3) is 0 Å². The van der Waals surface area contributed by atoms with Crippen LogP contribution in [0.15, 0.2) is 47.1 Å². The average molecular weight is 346 g/mol. The van der Waals surface area contributed by atoms with Gasteiger partial charge in [-0.2, -0.15) is 0 Å². The number of furan rings is 1. The molecule has 1 aromatic heterocycles. The Morgan fingerprint density at radius 2 is 1.88 bits per heavy atom. The number of benzene rings is 1. The molecule has 0 radical (unpaired) electrons. The summed E-state index contributed by atoms with van der Waals surface area (Å²) in [5.74, 6) is -1.11. The summed E-state index contributed by atoms with van der Waals surface area (Å²) in [4.78, 5) is 35.1. The van der Waals surface area contributed by atoms with Gasteiger partial charge in [-0.25, -0.2) is 4.79 Å². The van der Waals surface area contributed by atoms with Crippen molar-refractivity contribution in [1.29, 1.82) is 0 Å². The van der Waals surface area contributed by atoms with Gasteiger partial charge in [-0.1, -0.05) is 12.1 Å². The fourth-order valence-electron chi connectivity index (χ4n) is 2.00. The van der Waals surface area contributed by atoms with E-state index < -0.39 is 30.5 Å². The molecule has 1 aliphatic heterocycles. The van der Waals surface area contributed by atoms with Crippen molar-refractivity contribution in [3.63, 3.8) is 0 Å². The molecule has 0 saturated carbocycles. The highest BCUT2D eigenvalue weighted by molar-refractivity contribution is 5.93. The lowest BCUT2D eigenvalue weighted by atomic mass is 10.2. The van der Waals surface area contributed by atoms with Crippen LogP contribution in [-0.2, 0) is 14.3 Å². The lowest BCUT2D eigenvalue weighted by molar-refractivity contribution is -0.157. The highest BCUT2D eigenvalue weighted by atomic mass is 16.6. The lowest BCUT2D eigenvalue weighted by Gasteiger charge is -2.24. The van der Waals surface area contributed by atoms with Gasteiger partial charge in [0.1, 0.15) is 6.61 Å². The average Bonchev–Trinajstić information content (AvgIpc) is 3.18. The molecular weight excluding hydrogens is 332 g/mol. The van der Waals surface area contributed by atoms with Crippen molar-refractivity contribution in [2.45, 2.75) is 6.10 Å². The summed E-state index contributed by atoms with van der Waals surface area (Å²) in [6, 6.07) is 9.85. The standard InChI is InChI=1S/C16H14N2O7/c19-14(17-18-15(20)12-6-3-7-22-12)9-24-16(21)13-8-23-10-4-1-2-5-11(10)25-13/h1-7,13H,8-9H2,(H,17,19)(H,18,20)/t13-/m1/s1. The zero-order chi connectivity index (χ0) is 17.6. The molecule has 9 nitrogen and oxygen atoms in total. The second-order valence-electron chi connectivity index (χ2n) is 4.95. The summed E-state index contributed by atoms with van der Waals surface area (Å²) >= 11 is 0. The minimum Gasteiger partial charge on any atom is -0.485 e. The predicted molar refractivity (Wildman–Crippen MR) is 81.6 cm³/mol. The van der Waals surface area contributed by atoms with Crippen LogP contribution in [0.3, 0.4) is 0 Å². The Morgan fingerprint density at radius 3 is 2.64 bits per heavy atom.